The minimum atomic E-state index is -0.905. The number of ether oxygens (including phenoxy) is 1. The van der Waals surface area contributed by atoms with E-state index in [-0.39, 0.29) is 6.54 Å². The monoisotopic (exact) mass is 158 g/mol. The molecule has 1 N–H and O–H groups in total. The van der Waals surface area contributed by atoms with E-state index in [0.29, 0.717) is 0 Å². The van der Waals surface area contributed by atoms with Gasteiger partial charge in [0.2, 0.25) is 0 Å². The van der Waals surface area contributed by atoms with Crippen LogP contribution in [-0.2, 0) is 9.53 Å². The van der Waals surface area contributed by atoms with E-state index in [9.17, 15) is 9.59 Å². The zero-order valence-corrected chi connectivity index (χ0v) is 5.77. The maximum Gasteiger partial charge on any atom is 0.325 e. The highest BCUT2D eigenvalue weighted by Crippen LogP contribution is 1.75. The van der Waals surface area contributed by atoms with E-state index in [4.69, 9.17) is 5.53 Å². The summed E-state index contributed by atoms with van der Waals surface area (Å²) >= 11 is 0. The van der Waals surface area contributed by atoms with E-state index in [1.165, 1.54) is 7.11 Å². The lowest BCUT2D eigenvalue weighted by Crippen LogP contribution is -2.27. The molecule has 0 aromatic carbocycles. The molecular weight excluding hydrogens is 152 g/mol. The topological polar surface area (TPSA) is 104 Å². The van der Waals surface area contributed by atoms with Crippen molar-refractivity contribution in [1.82, 2.24) is 5.32 Å². The molecule has 60 valence electrons. The van der Waals surface area contributed by atoms with Crippen LogP contribution in [-0.4, -0.2) is 25.7 Å². The third-order valence-electron chi connectivity index (χ3n) is 0.747. The van der Waals surface area contributed by atoms with Crippen LogP contribution in [0.5, 0.6) is 0 Å². The Bertz CT molecular complexity index is 207. The fourth-order valence-corrected chi connectivity index (χ4v) is 0.296. The number of esters is 1. The van der Waals surface area contributed by atoms with Gasteiger partial charge in [0.25, 0.3) is 0 Å². The first-order valence-corrected chi connectivity index (χ1v) is 2.60. The molecule has 0 aliphatic carbocycles. The first-order valence-electron chi connectivity index (χ1n) is 2.60. The Hall–Kier alpha value is -1.75. The van der Waals surface area contributed by atoms with E-state index in [2.05, 4.69) is 14.8 Å². The van der Waals surface area contributed by atoms with Crippen molar-refractivity contribution < 1.29 is 14.3 Å². The van der Waals surface area contributed by atoms with E-state index < -0.39 is 12.0 Å². The summed E-state index contributed by atoms with van der Waals surface area (Å²) in [5, 5.41) is 4.65. The number of amides is 2. The second-order valence-corrected chi connectivity index (χ2v) is 1.42. The van der Waals surface area contributed by atoms with E-state index in [0.717, 1.165) is 0 Å². The Balaban J connectivity index is 3.62. The maximum absolute atomic E-state index is 10.3. The predicted molar refractivity (Wildman–Crippen MR) is 34.6 cm³/mol. The second-order valence-electron chi connectivity index (χ2n) is 1.42. The summed E-state index contributed by atoms with van der Waals surface area (Å²) in [7, 11) is 1.18. The third kappa shape index (κ3) is 4.73. The average Bonchev–Trinajstić information content (AvgIpc) is 2.01. The first kappa shape index (κ1) is 9.25. The van der Waals surface area contributed by atoms with Crippen LogP contribution in [0.3, 0.4) is 0 Å². The van der Waals surface area contributed by atoms with Crippen LogP contribution in [0.15, 0.2) is 5.11 Å². The number of carbonyl (C=O) groups is 2. The fraction of sp³-hybridized carbons (Fsp3) is 0.500. The van der Waals surface area contributed by atoms with E-state index in [1.54, 1.807) is 0 Å². The summed E-state index contributed by atoms with van der Waals surface area (Å²) in [6, 6.07) is -0.905. The number of hydrogen-bond acceptors (Lipinski definition) is 3. The lowest BCUT2D eigenvalue weighted by atomic mass is 10.6. The van der Waals surface area contributed by atoms with Gasteiger partial charge in [0.05, 0.1) is 7.11 Å². The Morgan fingerprint density at radius 1 is 1.73 bits per heavy atom. The van der Waals surface area contributed by atoms with Gasteiger partial charge in [0.15, 0.2) is 0 Å². The summed E-state index contributed by atoms with van der Waals surface area (Å²) in [6.45, 7) is -0.297. The van der Waals surface area contributed by atoms with Crippen molar-refractivity contribution in [3.05, 3.63) is 10.4 Å². The number of carbonyl (C=O) groups excluding carboxylic acids is 2. The molecule has 0 heterocycles. The molecule has 7 nitrogen and oxygen atoms in total. The molecule has 0 aliphatic rings. The SMILES string of the molecule is COC(=O)CNC(=O)N=[N+]=[N-]. The van der Waals surface area contributed by atoms with Gasteiger partial charge < -0.3 is 10.1 Å². The quantitative estimate of drug-likeness (QED) is 0.268. The standard InChI is InChI=1S/C4H6N4O3/c1-11-3(9)2-6-4(10)7-8-5/h2H2,1H3,(H,6,10). The van der Waals surface area contributed by atoms with Crippen LogP contribution in [0, 0.1) is 0 Å². The van der Waals surface area contributed by atoms with Crippen molar-refractivity contribution in [2.75, 3.05) is 13.7 Å². The van der Waals surface area contributed by atoms with Crippen LogP contribution < -0.4 is 5.32 Å². The van der Waals surface area contributed by atoms with Crippen LogP contribution in [0.1, 0.15) is 0 Å². The number of nitrogens with one attached hydrogen (secondary N) is 1. The number of urea groups is 1. The van der Waals surface area contributed by atoms with Crippen LogP contribution in [0.25, 0.3) is 10.4 Å². The Morgan fingerprint density at radius 3 is 2.82 bits per heavy atom. The highest BCUT2D eigenvalue weighted by Gasteiger charge is 2.01. The Morgan fingerprint density at radius 2 is 2.36 bits per heavy atom. The zero-order chi connectivity index (χ0) is 8.69. The average molecular weight is 158 g/mol. The van der Waals surface area contributed by atoms with Gasteiger partial charge in [0, 0.05) is 10.0 Å². The summed E-state index contributed by atoms with van der Waals surface area (Å²) in [4.78, 5) is 22.9. The lowest BCUT2D eigenvalue weighted by molar-refractivity contribution is -0.139. The Kier molecular flexibility index (Phi) is 4.26. The largest absolute Gasteiger partial charge is 0.468 e. The van der Waals surface area contributed by atoms with Crippen molar-refractivity contribution in [2.45, 2.75) is 0 Å². The van der Waals surface area contributed by atoms with Gasteiger partial charge in [-0.05, 0) is 5.53 Å². The predicted octanol–water partition coefficient (Wildman–Crippen LogP) is 0.179. The maximum atomic E-state index is 10.3. The molecule has 0 atom stereocenters. The molecule has 0 bridgehead atoms. The van der Waals surface area contributed by atoms with Crippen LogP contribution >= 0.6 is 0 Å². The van der Waals surface area contributed by atoms with Gasteiger partial charge in [-0.15, -0.1) is 0 Å². The number of rotatable bonds is 2. The van der Waals surface area contributed by atoms with Crippen molar-refractivity contribution in [3.8, 4) is 0 Å². The third-order valence-corrected chi connectivity index (χ3v) is 0.747. The van der Waals surface area contributed by atoms with Gasteiger partial charge >= 0.3 is 12.0 Å². The normalized spacial score (nSPS) is 7.73. The van der Waals surface area contributed by atoms with Crippen molar-refractivity contribution >= 4 is 12.0 Å². The van der Waals surface area contributed by atoms with Gasteiger partial charge in [-0.25, -0.2) is 0 Å². The summed E-state index contributed by atoms with van der Waals surface area (Å²) < 4.78 is 4.19. The number of hydrogen-bond donors (Lipinski definition) is 1. The molecule has 11 heavy (non-hydrogen) atoms. The highest BCUT2D eigenvalue weighted by atomic mass is 16.5. The summed E-state index contributed by atoms with van der Waals surface area (Å²) in [6.07, 6.45) is 0. The number of azide groups is 1. The van der Waals surface area contributed by atoms with E-state index in [1.807, 2.05) is 5.32 Å². The summed E-state index contributed by atoms with van der Waals surface area (Å²) in [5.41, 5.74) is 7.74. The molecule has 0 fully saturated rings. The molecule has 0 rings (SSSR count). The molecule has 0 saturated heterocycles. The number of nitrogens with zero attached hydrogens (tertiary/aromatic N) is 3. The molecule has 0 saturated carbocycles. The molecule has 7 heteroatoms. The summed E-state index contributed by atoms with van der Waals surface area (Å²) in [5.74, 6) is -0.605. The molecule has 0 unspecified atom stereocenters. The van der Waals surface area contributed by atoms with Crippen molar-refractivity contribution in [3.63, 3.8) is 0 Å². The second kappa shape index (κ2) is 5.07. The van der Waals surface area contributed by atoms with Crippen LogP contribution in [0.4, 0.5) is 4.79 Å². The number of methoxy groups -OCH3 is 1. The van der Waals surface area contributed by atoms with E-state index >= 15 is 0 Å². The van der Waals surface area contributed by atoms with Gasteiger partial charge in [-0.1, -0.05) is 0 Å². The van der Waals surface area contributed by atoms with Crippen molar-refractivity contribution in [1.29, 1.82) is 0 Å². The molecule has 0 spiro atoms. The Labute approximate surface area is 62.0 Å². The molecule has 0 radical (unpaired) electrons. The molecule has 0 aliphatic heterocycles. The fourth-order valence-electron chi connectivity index (χ4n) is 0.296. The van der Waals surface area contributed by atoms with Crippen molar-refractivity contribution in [2.24, 2.45) is 5.11 Å². The first-order chi connectivity index (χ1) is 5.20. The van der Waals surface area contributed by atoms with Gasteiger partial charge in [0.1, 0.15) is 6.54 Å². The molecule has 2 amide bonds. The highest BCUT2D eigenvalue weighted by molar-refractivity contribution is 5.81. The molecule has 0 aromatic rings. The minimum absolute atomic E-state index is 0.297. The zero-order valence-electron chi connectivity index (χ0n) is 5.77. The smallest absolute Gasteiger partial charge is 0.325 e. The van der Waals surface area contributed by atoms with Gasteiger partial charge in [-0.3, -0.25) is 9.59 Å². The van der Waals surface area contributed by atoms with Crippen LogP contribution in [0.2, 0.25) is 0 Å². The molecule has 0 aromatic heterocycles. The lowest BCUT2D eigenvalue weighted by Gasteiger charge is -1.97. The minimum Gasteiger partial charge on any atom is -0.468 e. The molecular formula is C4H6N4O3. The van der Waals surface area contributed by atoms with Gasteiger partial charge in [-0.2, -0.15) is 0 Å².